The fourth-order valence-electron chi connectivity index (χ4n) is 1.89. The second-order valence-corrected chi connectivity index (χ2v) is 5.08. The first-order chi connectivity index (χ1) is 9.63. The number of hydrogen-bond donors (Lipinski definition) is 1. The van der Waals surface area contributed by atoms with Gasteiger partial charge in [-0.1, -0.05) is 22.0 Å². The van der Waals surface area contributed by atoms with E-state index in [0.29, 0.717) is 17.2 Å². The molecule has 0 radical (unpaired) electrons. The topological polar surface area (TPSA) is 69.6 Å². The maximum atomic E-state index is 13.3. The van der Waals surface area contributed by atoms with Crippen molar-refractivity contribution in [2.24, 2.45) is 0 Å². The van der Waals surface area contributed by atoms with Crippen LogP contribution >= 0.6 is 15.9 Å². The normalized spacial score (nSPS) is 10.7. The van der Waals surface area contributed by atoms with Crippen molar-refractivity contribution in [3.05, 3.63) is 52.8 Å². The van der Waals surface area contributed by atoms with E-state index < -0.39 is 0 Å². The Bertz CT molecular complexity index is 751. The van der Waals surface area contributed by atoms with E-state index in [2.05, 4.69) is 31.5 Å². The Morgan fingerprint density at radius 3 is 2.75 bits per heavy atom. The number of nitrogen functional groups attached to an aromatic ring is 1. The van der Waals surface area contributed by atoms with Gasteiger partial charge in [-0.05, 0) is 46.8 Å². The van der Waals surface area contributed by atoms with Gasteiger partial charge in [0.2, 0.25) is 0 Å². The van der Waals surface area contributed by atoms with Gasteiger partial charge in [0, 0.05) is 15.7 Å². The molecule has 0 fully saturated rings. The van der Waals surface area contributed by atoms with E-state index in [0.717, 1.165) is 10.0 Å². The third-order valence-electron chi connectivity index (χ3n) is 2.70. The lowest BCUT2D eigenvalue weighted by molar-refractivity contribution is 0.625. The van der Waals surface area contributed by atoms with Gasteiger partial charge in [0.15, 0.2) is 5.82 Å². The summed E-state index contributed by atoms with van der Waals surface area (Å²) in [5.41, 5.74) is 7.68. The van der Waals surface area contributed by atoms with E-state index in [9.17, 15) is 4.39 Å². The van der Waals surface area contributed by atoms with E-state index >= 15 is 0 Å². The molecule has 3 rings (SSSR count). The van der Waals surface area contributed by atoms with Gasteiger partial charge in [-0.2, -0.15) is 4.68 Å². The highest BCUT2D eigenvalue weighted by Gasteiger charge is 2.12. The van der Waals surface area contributed by atoms with Crippen molar-refractivity contribution >= 4 is 21.6 Å². The fourth-order valence-corrected chi connectivity index (χ4v) is 2.40. The number of halogens is 2. The molecule has 2 N–H and O–H groups in total. The predicted octanol–water partition coefficient (Wildman–Crippen LogP) is 2.81. The lowest BCUT2D eigenvalue weighted by Crippen LogP contribution is -2.00. The zero-order valence-corrected chi connectivity index (χ0v) is 11.7. The molecule has 0 aliphatic heterocycles. The standard InChI is InChI=1S/C13H9BrFN5/c14-9-4-8(5-11(16)6-9)13-17-18-19-20(13)12-3-1-2-10(15)7-12/h1-7H,16H2. The molecule has 1 aromatic heterocycles. The summed E-state index contributed by atoms with van der Waals surface area (Å²) >= 11 is 3.37. The Morgan fingerprint density at radius 1 is 1.15 bits per heavy atom. The summed E-state index contributed by atoms with van der Waals surface area (Å²) in [4.78, 5) is 0. The minimum Gasteiger partial charge on any atom is -0.399 e. The number of anilines is 1. The molecule has 0 aliphatic rings. The monoisotopic (exact) mass is 333 g/mol. The summed E-state index contributed by atoms with van der Waals surface area (Å²) in [6, 6.07) is 11.4. The highest BCUT2D eigenvalue weighted by atomic mass is 79.9. The van der Waals surface area contributed by atoms with Gasteiger partial charge in [0.25, 0.3) is 0 Å². The van der Waals surface area contributed by atoms with Crippen LogP contribution in [-0.4, -0.2) is 20.2 Å². The summed E-state index contributed by atoms with van der Waals surface area (Å²) in [6.07, 6.45) is 0. The summed E-state index contributed by atoms with van der Waals surface area (Å²) in [6.45, 7) is 0. The predicted molar refractivity (Wildman–Crippen MR) is 76.7 cm³/mol. The number of benzene rings is 2. The van der Waals surface area contributed by atoms with E-state index in [1.165, 1.54) is 16.8 Å². The van der Waals surface area contributed by atoms with Crippen LogP contribution in [0.4, 0.5) is 10.1 Å². The van der Waals surface area contributed by atoms with Gasteiger partial charge in [0.05, 0.1) is 5.69 Å². The number of nitrogens with two attached hydrogens (primary N) is 1. The fraction of sp³-hybridized carbons (Fsp3) is 0. The van der Waals surface area contributed by atoms with Crippen LogP contribution in [0.25, 0.3) is 17.1 Å². The molecule has 0 atom stereocenters. The molecular formula is C13H9BrFN5. The molecule has 3 aromatic rings. The molecule has 0 spiro atoms. The second kappa shape index (κ2) is 5.01. The van der Waals surface area contributed by atoms with Gasteiger partial charge < -0.3 is 5.73 Å². The van der Waals surface area contributed by atoms with Gasteiger partial charge in [-0.25, -0.2) is 4.39 Å². The third-order valence-corrected chi connectivity index (χ3v) is 3.16. The van der Waals surface area contributed by atoms with E-state index in [-0.39, 0.29) is 5.82 Å². The van der Waals surface area contributed by atoms with E-state index in [1.807, 2.05) is 6.07 Å². The average molecular weight is 334 g/mol. The van der Waals surface area contributed by atoms with Gasteiger partial charge in [0.1, 0.15) is 5.82 Å². The molecule has 2 aromatic carbocycles. The van der Waals surface area contributed by atoms with Crippen LogP contribution in [0, 0.1) is 5.82 Å². The van der Waals surface area contributed by atoms with Gasteiger partial charge >= 0.3 is 0 Å². The lowest BCUT2D eigenvalue weighted by atomic mass is 10.2. The Labute approximate surface area is 122 Å². The third kappa shape index (κ3) is 2.39. The van der Waals surface area contributed by atoms with Crippen molar-refractivity contribution in [3.8, 4) is 17.1 Å². The molecule has 0 saturated heterocycles. The van der Waals surface area contributed by atoms with Crippen LogP contribution in [0.3, 0.4) is 0 Å². The first kappa shape index (κ1) is 12.7. The van der Waals surface area contributed by atoms with Gasteiger partial charge in [-0.15, -0.1) is 5.10 Å². The van der Waals surface area contributed by atoms with E-state index in [4.69, 9.17) is 5.73 Å². The Morgan fingerprint density at radius 2 is 2.00 bits per heavy atom. The second-order valence-electron chi connectivity index (χ2n) is 4.17. The van der Waals surface area contributed by atoms with Crippen LogP contribution in [0.15, 0.2) is 46.9 Å². The first-order valence-electron chi connectivity index (χ1n) is 5.74. The minimum absolute atomic E-state index is 0.349. The molecule has 7 heteroatoms. The maximum Gasteiger partial charge on any atom is 0.187 e. The highest BCUT2D eigenvalue weighted by molar-refractivity contribution is 9.10. The zero-order valence-electron chi connectivity index (χ0n) is 10.2. The quantitative estimate of drug-likeness (QED) is 0.732. The molecule has 0 unspecified atom stereocenters. The molecule has 5 nitrogen and oxygen atoms in total. The summed E-state index contributed by atoms with van der Waals surface area (Å²) in [5.74, 6) is 0.140. The Kier molecular flexibility index (Phi) is 3.19. The summed E-state index contributed by atoms with van der Waals surface area (Å²) < 4.78 is 15.6. The van der Waals surface area contributed by atoms with E-state index in [1.54, 1.807) is 24.3 Å². The Balaban J connectivity index is 2.15. The van der Waals surface area contributed by atoms with Crippen LogP contribution in [0.2, 0.25) is 0 Å². The smallest absolute Gasteiger partial charge is 0.187 e. The Hall–Kier alpha value is -2.28. The number of hydrogen-bond acceptors (Lipinski definition) is 4. The molecule has 0 bridgehead atoms. The van der Waals surface area contributed by atoms with Crippen LogP contribution in [-0.2, 0) is 0 Å². The summed E-state index contributed by atoms with van der Waals surface area (Å²) in [7, 11) is 0. The number of aromatic nitrogens is 4. The van der Waals surface area contributed by atoms with Crippen molar-refractivity contribution in [1.82, 2.24) is 20.2 Å². The SMILES string of the molecule is Nc1cc(Br)cc(-c2nnnn2-c2cccc(F)c2)c1. The van der Waals surface area contributed by atoms with Gasteiger partial charge in [-0.3, -0.25) is 0 Å². The average Bonchev–Trinajstić information content (AvgIpc) is 2.86. The number of tetrazole rings is 1. The number of rotatable bonds is 2. The van der Waals surface area contributed by atoms with Crippen LogP contribution < -0.4 is 5.73 Å². The maximum absolute atomic E-state index is 13.3. The molecule has 20 heavy (non-hydrogen) atoms. The molecule has 0 amide bonds. The molecule has 0 aliphatic carbocycles. The molecule has 100 valence electrons. The van der Waals surface area contributed by atoms with Crippen molar-refractivity contribution in [1.29, 1.82) is 0 Å². The lowest BCUT2D eigenvalue weighted by Gasteiger charge is -2.06. The molecule has 1 heterocycles. The van der Waals surface area contributed by atoms with Crippen LogP contribution in [0.1, 0.15) is 0 Å². The largest absolute Gasteiger partial charge is 0.399 e. The molecule has 0 saturated carbocycles. The highest BCUT2D eigenvalue weighted by Crippen LogP contribution is 2.25. The van der Waals surface area contributed by atoms with Crippen molar-refractivity contribution in [2.45, 2.75) is 0 Å². The molecular weight excluding hydrogens is 325 g/mol. The van der Waals surface area contributed by atoms with Crippen molar-refractivity contribution in [2.75, 3.05) is 5.73 Å². The summed E-state index contributed by atoms with van der Waals surface area (Å²) in [5, 5.41) is 11.5. The first-order valence-corrected chi connectivity index (χ1v) is 6.53. The minimum atomic E-state index is -0.349. The number of nitrogens with zero attached hydrogens (tertiary/aromatic N) is 4. The van der Waals surface area contributed by atoms with Crippen molar-refractivity contribution in [3.63, 3.8) is 0 Å². The van der Waals surface area contributed by atoms with Crippen LogP contribution in [0.5, 0.6) is 0 Å². The van der Waals surface area contributed by atoms with Crippen molar-refractivity contribution < 1.29 is 4.39 Å². The zero-order chi connectivity index (χ0) is 14.1.